The van der Waals surface area contributed by atoms with Gasteiger partial charge in [0, 0.05) is 45.0 Å². The first-order valence-corrected chi connectivity index (χ1v) is 7.68. The lowest BCUT2D eigenvalue weighted by molar-refractivity contribution is 0.116. The molecule has 2 heterocycles. The molecule has 2 rings (SSSR count). The van der Waals surface area contributed by atoms with Crippen molar-refractivity contribution in [1.82, 2.24) is 19.6 Å². The number of nitrogens with two attached hydrogens (primary N) is 1. The number of hydrogen-bond donors (Lipinski definition) is 1. The maximum absolute atomic E-state index is 5.72. The number of aromatic nitrogens is 2. The van der Waals surface area contributed by atoms with Gasteiger partial charge >= 0.3 is 0 Å². The lowest BCUT2D eigenvalue weighted by Crippen LogP contribution is -2.52. The van der Waals surface area contributed by atoms with Gasteiger partial charge in [0.25, 0.3) is 0 Å². The molecular formula is C14H25N5S. The predicted octanol–water partition coefficient (Wildman–Crippen LogP) is 1.26. The first-order chi connectivity index (χ1) is 9.47. The van der Waals surface area contributed by atoms with E-state index in [0.29, 0.717) is 11.0 Å². The van der Waals surface area contributed by atoms with Crippen molar-refractivity contribution in [1.29, 1.82) is 0 Å². The molecule has 112 valence electrons. The van der Waals surface area contributed by atoms with Crippen molar-refractivity contribution in [2.24, 2.45) is 5.73 Å². The van der Waals surface area contributed by atoms with Gasteiger partial charge < -0.3 is 5.73 Å². The second-order valence-electron chi connectivity index (χ2n) is 5.77. The topological polar surface area (TPSA) is 50.3 Å². The highest BCUT2D eigenvalue weighted by atomic mass is 32.1. The lowest BCUT2D eigenvalue weighted by atomic mass is 10.2. The molecule has 1 aromatic heterocycles. The van der Waals surface area contributed by atoms with Gasteiger partial charge in [-0.25, -0.2) is 0 Å². The van der Waals surface area contributed by atoms with Crippen LogP contribution in [0.3, 0.4) is 0 Å². The van der Waals surface area contributed by atoms with Crippen LogP contribution in [0, 0.1) is 0 Å². The molecule has 20 heavy (non-hydrogen) atoms. The van der Waals surface area contributed by atoms with Crippen molar-refractivity contribution in [3.8, 4) is 0 Å². The number of piperazine rings is 1. The van der Waals surface area contributed by atoms with E-state index in [9.17, 15) is 0 Å². The molecule has 1 aromatic rings. The summed E-state index contributed by atoms with van der Waals surface area (Å²) in [4.78, 5) is 5.38. The fourth-order valence-corrected chi connectivity index (χ4v) is 2.62. The fraction of sp³-hybridized carbons (Fsp3) is 0.714. The summed E-state index contributed by atoms with van der Waals surface area (Å²) in [7, 11) is 0. The Balaban J connectivity index is 1.83. The van der Waals surface area contributed by atoms with Gasteiger partial charge in [0.1, 0.15) is 0 Å². The summed E-state index contributed by atoms with van der Waals surface area (Å²) >= 11 is 5.07. The summed E-state index contributed by atoms with van der Waals surface area (Å²) in [6, 6.07) is 2.74. The maximum Gasteiger partial charge on any atom is 0.0899 e. The van der Waals surface area contributed by atoms with E-state index in [2.05, 4.69) is 47.9 Å². The average molecular weight is 295 g/mol. The largest absolute Gasteiger partial charge is 0.392 e. The Bertz CT molecular complexity index is 448. The van der Waals surface area contributed by atoms with Crippen molar-refractivity contribution in [2.45, 2.75) is 39.4 Å². The smallest absolute Gasteiger partial charge is 0.0899 e. The first-order valence-electron chi connectivity index (χ1n) is 7.27. The molecule has 1 atom stereocenters. The molecule has 1 unspecified atom stereocenters. The quantitative estimate of drug-likeness (QED) is 0.829. The third-order valence-corrected chi connectivity index (χ3v) is 4.29. The fourth-order valence-electron chi connectivity index (χ4n) is 2.47. The zero-order valence-corrected chi connectivity index (χ0v) is 13.4. The Morgan fingerprint density at radius 3 is 2.45 bits per heavy atom. The molecular weight excluding hydrogens is 270 g/mol. The van der Waals surface area contributed by atoms with Crippen molar-refractivity contribution in [3.05, 3.63) is 18.0 Å². The Kier molecular flexibility index (Phi) is 5.12. The second kappa shape index (κ2) is 6.65. The molecule has 0 aliphatic carbocycles. The normalized spacial score (nSPS) is 19.4. The minimum absolute atomic E-state index is 0.201. The lowest BCUT2D eigenvalue weighted by Gasteiger charge is -2.37. The molecule has 1 aliphatic rings. The van der Waals surface area contributed by atoms with E-state index in [0.717, 1.165) is 38.4 Å². The van der Waals surface area contributed by atoms with Crippen molar-refractivity contribution in [2.75, 3.05) is 26.2 Å². The third-order valence-electron chi connectivity index (χ3n) is 3.94. The van der Waals surface area contributed by atoms with Crippen LogP contribution in [0.5, 0.6) is 0 Å². The van der Waals surface area contributed by atoms with Crippen molar-refractivity contribution in [3.63, 3.8) is 0 Å². The Morgan fingerprint density at radius 2 is 1.95 bits per heavy atom. The van der Waals surface area contributed by atoms with Crippen LogP contribution in [-0.4, -0.2) is 56.8 Å². The zero-order chi connectivity index (χ0) is 14.7. The number of thiocarbonyl (C=S) groups is 1. The first kappa shape index (κ1) is 15.4. The second-order valence-corrected chi connectivity index (χ2v) is 6.24. The predicted molar refractivity (Wildman–Crippen MR) is 85.7 cm³/mol. The van der Waals surface area contributed by atoms with Gasteiger partial charge in [-0.15, -0.1) is 0 Å². The Morgan fingerprint density at radius 1 is 1.30 bits per heavy atom. The number of hydrogen-bond acceptors (Lipinski definition) is 4. The SMILES string of the molecule is CC(C(N)=S)N1CCN(Cc2ccn(C(C)C)n2)CC1. The van der Waals surface area contributed by atoms with Crippen LogP contribution < -0.4 is 5.73 Å². The van der Waals surface area contributed by atoms with Crippen LogP contribution in [0.2, 0.25) is 0 Å². The average Bonchev–Trinajstić information content (AvgIpc) is 2.87. The molecule has 0 radical (unpaired) electrons. The summed E-state index contributed by atoms with van der Waals surface area (Å²) < 4.78 is 2.01. The van der Waals surface area contributed by atoms with Gasteiger partial charge in [-0.3, -0.25) is 14.5 Å². The summed E-state index contributed by atoms with van der Waals surface area (Å²) in [6.07, 6.45) is 2.06. The standard InChI is InChI=1S/C14H25N5S/c1-11(2)19-5-4-13(16-19)10-17-6-8-18(9-7-17)12(3)14(15)20/h4-5,11-12H,6-10H2,1-3H3,(H2,15,20). The van der Waals surface area contributed by atoms with Crippen LogP contribution in [0.25, 0.3) is 0 Å². The molecule has 0 spiro atoms. The summed E-state index contributed by atoms with van der Waals surface area (Å²) in [6.45, 7) is 11.4. The molecule has 0 bridgehead atoms. The van der Waals surface area contributed by atoms with Crippen LogP contribution in [0.15, 0.2) is 12.3 Å². The number of rotatable bonds is 5. The van der Waals surface area contributed by atoms with E-state index in [4.69, 9.17) is 18.0 Å². The van der Waals surface area contributed by atoms with Crippen molar-refractivity contribution >= 4 is 17.2 Å². The summed E-state index contributed by atoms with van der Waals surface area (Å²) in [5.41, 5.74) is 6.87. The molecule has 1 fully saturated rings. The molecule has 0 amide bonds. The summed E-state index contributed by atoms with van der Waals surface area (Å²) in [5.74, 6) is 0. The van der Waals surface area contributed by atoms with Gasteiger partial charge in [0.15, 0.2) is 0 Å². The van der Waals surface area contributed by atoms with Crippen LogP contribution in [0.4, 0.5) is 0 Å². The number of nitrogens with zero attached hydrogens (tertiary/aromatic N) is 4. The van der Waals surface area contributed by atoms with Gasteiger partial charge in [-0.05, 0) is 26.8 Å². The molecule has 0 aromatic carbocycles. The third kappa shape index (κ3) is 3.77. The minimum Gasteiger partial charge on any atom is -0.392 e. The summed E-state index contributed by atoms with van der Waals surface area (Å²) in [5, 5.41) is 4.61. The van der Waals surface area contributed by atoms with Gasteiger partial charge in [0.2, 0.25) is 0 Å². The van der Waals surface area contributed by atoms with E-state index in [1.54, 1.807) is 0 Å². The Labute approximate surface area is 126 Å². The monoisotopic (exact) mass is 295 g/mol. The molecule has 1 aliphatic heterocycles. The highest BCUT2D eigenvalue weighted by Crippen LogP contribution is 2.11. The van der Waals surface area contributed by atoms with E-state index in [-0.39, 0.29) is 6.04 Å². The molecule has 0 saturated carbocycles. The van der Waals surface area contributed by atoms with Crippen LogP contribution >= 0.6 is 12.2 Å². The van der Waals surface area contributed by atoms with E-state index in [1.807, 2.05) is 4.68 Å². The Hall–Kier alpha value is -0.980. The highest BCUT2D eigenvalue weighted by Gasteiger charge is 2.22. The molecule has 1 saturated heterocycles. The highest BCUT2D eigenvalue weighted by molar-refractivity contribution is 7.80. The van der Waals surface area contributed by atoms with Gasteiger partial charge in [-0.1, -0.05) is 12.2 Å². The van der Waals surface area contributed by atoms with Gasteiger partial charge in [-0.2, -0.15) is 5.10 Å². The maximum atomic E-state index is 5.72. The van der Waals surface area contributed by atoms with E-state index in [1.165, 1.54) is 0 Å². The minimum atomic E-state index is 0.201. The van der Waals surface area contributed by atoms with Crippen LogP contribution in [0.1, 0.15) is 32.5 Å². The molecule has 6 heteroatoms. The van der Waals surface area contributed by atoms with Crippen molar-refractivity contribution < 1.29 is 0 Å². The van der Waals surface area contributed by atoms with Crippen LogP contribution in [-0.2, 0) is 6.54 Å². The van der Waals surface area contributed by atoms with Gasteiger partial charge in [0.05, 0.1) is 16.7 Å². The van der Waals surface area contributed by atoms with E-state index >= 15 is 0 Å². The molecule has 2 N–H and O–H groups in total. The molecule has 5 nitrogen and oxygen atoms in total. The van der Waals surface area contributed by atoms with E-state index < -0.39 is 0 Å². The zero-order valence-electron chi connectivity index (χ0n) is 12.6.